The fourth-order valence-electron chi connectivity index (χ4n) is 2.07. The average Bonchev–Trinajstić information content (AvgIpc) is 3.09. The lowest BCUT2D eigenvalue weighted by molar-refractivity contribution is -0.120. The largest absolute Gasteiger partial charge is 0.494 e. The van der Waals surface area contributed by atoms with Crippen molar-refractivity contribution in [2.24, 2.45) is 0 Å². The number of hydrogen-bond donors (Lipinski definition) is 2. The van der Waals surface area contributed by atoms with Crippen LogP contribution in [0.3, 0.4) is 0 Å². The molecule has 1 aromatic heterocycles. The van der Waals surface area contributed by atoms with Crippen molar-refractivity contribution in [1.29, 1.82) is 0 Å². The molecule has 0 atom stereocenters. The number of hydrogen-bond acceptors (Lipinski definition) is 4. The maximum Gasteiger partial charge on any atom is 0.286 e. The summed E-state index contributed by atoms with van der Waals surface area (Å²) in [7, 11) is 0. The Morgan fingerprint density at radius 2 is 2.00 bits per heavy atom. The average molecular weight is 330 g/mol. The number of ether oxygens (including phenoxy) is 1. The quantitative estimate of drug-likeness (QED) is 0.691. The normalized spacial score (nSPS) is 10.2. The first kappa shape index (κ1) is 17.6. The number of aryl methyl sites for hydroxylation is 1. The van der Waals surface area contributed by atoms with Crippen molar-refractivity contribution in [3.05, 3.63) is 54.0 Å². The van der Waals surface area contributed by atoms with Crippen LogP contribution in [0.4, 0.5) is 0 Å². The lowest BCUT2D eigenvalue weighted by atomic mass is 10.2. The Morgan fingerprint density at radius 1 is 1.12 bits per heavy atom. The first-order chi connectivity index (χ1) is 11.6. The molecular formula is C18H22N2O4. The van der Waals surface area contributed by atoms with Gasteiger partial charge in [-0.2, -0.15) is 0 Å². The van der Waals surface area contributed by atoms with Crippen molar-refractivity contribution < 1.29 is 18.7 Å². The summed E-state index contributed by atoms with van der Waals surface area (Å²) in [4.78, 5) is 23.3. The first-order valence-corrected chi connectivity index (χ1v) is 7.93. The monoisotopic (exact) mass is 330 g/mol. The van der Waals surface area contributed by atoms with E-state index in [1.165, 1.54) is 6.26 Å². The van der Waals surface area contributed by atoms with E-state index in [1.54, 1.807) is 12.1 Å². The van der Waals surface area contributed by atoms with Crippen molar-refractivity contribution in [1.82, 2.24) is 10.6 Å². The van der Waals surface area contributed by atoms with Gasteiger partial charge in [0.15, 0.2) is 5.76 Å². The van der Waals surface area contributed by atoms with E-state index in [4.69, 9.17) is 9.15 Å². The van der Waals surface area contributed by atoms with Crippen LogP contribution in [0.15, 0.2) is 47.1 Å². The van der Waals surface area contributed by atoms with E-state index >= 15 is 0 Å². The molecule has 0 unspecified atom stereocenters. The van der Waals surface area contributed by atoms with Crippen LogP contribution < -0.4 is 15.4 Å². The topological polar surface area (TPSA) is 80.6 Å². The number of furan rings is 1. The van der Waals surface area contributed by atoms with Crippen molar-refractivity contribution in [2.45, 2.75) is 19.8 Å². The SMILES string of the molecule is Cc1cccc(OCCCNC(=O)CCNC(=O)c2ccco2)c1. The Balaban J connectivity index is 1.51. The Hall–Kier alpha value is -2.76. The van der Waals surface area contributed by atoms with Gasteiger partial charge in [0.2, 0.25) is 5.91 Å². The molecule has 2 aromatic rings. The van der Waals surface area contributed by atoms with Crippen LogP contribution in [0.1, 0.15) is 29.0 Å². The lowest BCUT2D eigenvalue weighted by Crippen LogP contribution is -2.31. The second-order valence-corrected chi connectivity index (χ2v) is 5.35. The molecule has 6 heteroatoms. The molecule has 0 bridgehead atoms. The fraction of sp³-hybridized carbons (Fsp3) is 0.333. The van der Waals surface area contributed by atoms with Crippen molar-refractivity contribution in [2.75, 3.05) is 19.7 Å². The molecule has 0 radical (unpaired) electrons. The molecule has 2 N–H and O–H groups in total. The molecule has 0 saturated heterocycles. The van der Waals surface area contributed by atoms with Crippen LogP contribution in [0.25, 0.3) is 0 Å². The predicted molar refractivity (Wildman–Crippen MR) is 90.0 cm³/mol. The molecule has 128 valence electrons. The highest BCUT2D eigenvalue weighted by molar-refractivity contribution is 5.91. The fourth-order valence-corrected chi connectivity index (χ4v) is 2.07. The number of nitrogens with one attached hydrogen (secondary N) is 2. The Morgan fingerprint density at radius 3 is 2.75 bits per heavy atom. The number of carbonyl (C=O) groups is 2. The van der Waals surface area contributed by atoms with Gasteiger partial charge in [-0.3, -0.25) is 9.59 Å². The molecule has 6 nitrogen and oxygen atoms in total. The summed E-state index contributed by atoms with van der Waals surface area (Å²) in [5.41, 5.74) is 1.15. The highest BCUT2D eigenvalue weighted by Crippen LogP contribution is 2.12. The Bertz CT molecular complexity index is 653. The standard InChI is InChI=1S/C18H22N2O4/c1-14-5-2-6-15(13-14)23-12-4-9-19-17(21)8-10-20-18(22)16-7-3-11-24-16/h2-3,5-7,11,13H,4,8-10,12H2,1H3,(H,19,21)(H,20,22). The highest BCUT2D eigenvalue weighted by atomic mass is 16.5. The summed E-state index contributed by atoms with van der Waals surface area (Å²) in [6, 6.07) is 11.1. The number of amides is 2. The molecule has 2 amide bonds. The number of benzene rings is 1. The summed E-state index contributed by atoms with van der Waals surface area (Å²) < 4.78 is 10.6. The molecule has 0 aliphatic rings. The third-order valence-corrected chi connectivity index (χ3v) is 3.28. The van der Waals surface area contributed by atoms with Gasteiger partial charge in [-0.1, -0.05) is 12.1 Å². The van der Waals surface area contributed by atoms with E-state index < -0.39 is 0 Å². The molecule has 2 rings (SSSR count). The maximum absolute atomic E-state index is 11.7. The number of rotatable bonds is 9. The molecule has 0 spiro atoms. The second-order valence-electron chi connectivity index (χ2n) is 5.35. The van der Waals surface area contributed by atoms with Crippen LogP contribution in [-0.2, 0) is 4.79 Å². The second kappa shape index (κ2) is 9.39. The van der Waals surface area contributed by atoms with Crippen LogP contribution in [-0.4, -0.2) is 31.5 Å². The summed E-state index contributed by atoms with van der Waals surface area (Å²) in [5, 5.41) is 5.42. The van der Waals surface area contributed by atoms with E-state index in [0.29, 0.717) is 13.2 Å². The van der Waals surface area contributed by atoms with Gasteiger partial charge in [-0.05, 0) is 43.2 Å². The predicted octanol–water partition coefficient (Wildman–Crippen LogP) is 2.29. The van der Waals surface area contributed by atoms with E-state index in [0.717, 1.165) is 17.7 Å². The maximum atomic E-state index is 11.7. The first-order valence-electron chi connectivity index (χ1n) is 7.93. The molecule has 24 heavy (non-hydrogen) atoms. The summed E-state index contributed by atoms with van der Waals surface area (Å²) in [5.74, 6) is 0.648. The molecule has 1 heterocycles. The van der Waals surface area contributed by atoms with Gasteiger partial charge in [-0.15, -0.1) is 0 Å². The molecule has 0 saturated carbocycles. The summed E-state index contributed by atoms with van der Waals surface area (Å²) >= 11 is 0. The minimum absolute atomic E-state index is 0.106. The molecule has 1 aromatic carbocycles. The van der Waals surface area contributed by atoms with Gasteiger partial charge in [-0.25, -0.2) is 0 Å². The van der Waals surface area contributed by atoms with E-state index in [-0.39, 0.29) is 30.5 Å². The van der Waals surface area contributed by atoms with Gasteiger partial charge in [0.1, 0.15) is 5.75 Å². The molecule has 0 aliphatic carbocycles. The zero-order valence-corrected chi connectivity index (χ0v) is 13.7. The minimum atomic E-state index is -0.320. The smallest absolute Gasteiger partial charge is 0.286 e. The van der Waals surface area contributed by atoms with E-state index in [1.807, 2.05) is 31.2 Å². The highest BCUT2D eigenvalue weighted by Gasteiger charge is 2.08. The van der Waals surface area contributed by atoms with Crippen LogP contribution in [0.5, 0.6) is 5.75 Å². The van der Waals surface area contributed by atoms with Crippen molar-refractivity contribution in [3.8, 4) is 5.75 Å². The summed E-state index contributed by atoms with van der Waals surface area (Å²) in [6.07, 6.45) is 2.38. The Labute approximate surface area is 141 Å². The zero-order chi connectivity index (χ0) is 17.2. The van der Waals surface area contributed by atoms with Gasteiger partial charge in [0.25, 0.3) is 5.91 Å². The van der Waals surface area contributed by atoms with E-state index in [2.05, 4.69) is 10.6 Å². The van der Waals surface area contributed by atoms with Crippen LogP contribution >= 0.6 is 0 Å². The van der Waals surface area contributed by atoms with Gasteiger partial charge in [0.05, 0.1) is 12.9 Å². The molecule has 0 fully saturated rings. The third kappa shape index (κ3) is 6.16. The molecular weight excluding hydrogens is 308 g/mol. The summed E-state index contributed by atoms with van der Waals surface area (Å²) in [6.45, 7) is 3.36. The zero-order valence-electron chi connectivity index (χ0n) is 13.7. The van der Waals surface area contributed by atoms with Crippen LogP contribution in [0, 0.1) is 6.92 Å². The lowest BCUT2D eigenvalue weighted by Gasteiger charge is -2.08. The van der Waals surface area contributed by atoms with Crippen LogP contribution in [0.2, 0.25) is 0 Å². The van der Waals surface area contributed by atoms with Crippen molar-refractivity contribution >= 4 is 11.8 Å². The van der Waals surface area contributed by atoms with Gasteiger partial charge in [0, 0.05) is 19.5 Å². The third-order valence-electron chi connectivity index (χ3n) is 3.28. The van der Waals surface area contributed by atoms with Gasteiger partial charge >= 0.3 is 0 Å². The number of carbonyl (C=O) groups excluding carboxylic acids is 2. The molecule has 0 aliphatic heterocycles. The Kier molecular flexibility index (Phi) is 6.89. The minimum Gasteiger partial charge on any atom is -0.494 e. The van der Waals surface area contributed by atoms with Crippen molar-refractivity contribution in [3.63, 3.8) is 0 Å². The van der Waals surface area contributed by atoms with E-state index in [9.17, 15) is 9.59 Å². The van der Waals surface area contributed by atoms with Gasteiger partial charge < -0.3 is 19.8 Å².